The molecule has 1 aromatic carbocycles. The van der Waals surface area contributed by atoms with Crippen LogP contribution in [0, 0.1) is 6.92 Å². The highest BCUT2D eigenvalue weighted by molar-refractivity contribution is 5.95. The third-order valence-corrected chi connectivity index (χ3v) is 6.60. The van der Waals surface area contributed by atoms with E-state index in [2.05, 4.69) is 12.2 Å². The minimum absolute atomic E-state index is 0.101. The third-order valence-electron chi connectivity index (χ3n) is 6.60. The van der Waals surface area contributed by atoms with Crippen molar-refractivity contribution in [3.05, 3.63) is 58.7 Å². The smallest absolute Gasteiger partial charge is 0.290 e. The zero-order chi connectivity index (χ0) is 25.1. The highest BCUT2D eigenvalue weighted by Gasteiger charge is 2.32. The quantitative estimate of drug-likeness (QED) is 0.519. The molecule has 2 aromatic heterocycles. The summed E-state index contributed by atoms with van der Waals surface area (Å²) in [5.41, 5.74) is 4.56. The van der Waals surface area contributed by atoms with Crippen LogP contribution in [0.2, 0.25) is 0 Å². The summed E-state index contributed by atoms with van der Waals surface area (Å²) in [6.07, 6.45) is 4.35. The molecule has 0 bridgehead atoms. The monoisotopic (exact) mass is 492 g/mol. The number of carbonyl (C=O) groups excluding carboxylic acids is 2. The van der Waals surface area contributed by atoms with Gasteiger partial charge >= 0.3 is 0 Å². The number of furan rings is 1. The molecular weight excluding hydrogens is 460 g/mol. The Kier molecular flexibility index (Phi) is 7.09. The Morgan fingerprint density at radius 3 is 2.67 bits per heavy atom. The number of hydrogen-bond donors (Lipinski definition) is 1. The summed E-state index contributed by atoms with van der Waals surface area (Å²) < 4.78 is 18.7. The largest absolute Gasteiger partial charge is 0.494 e. The van der Waals surface area contributed by atoms with Crippen molar-refractivity contribution in [2.24, 2.45) is 0 Å². The molecule has 1 saturated heterocycles. The first-order valence-corrected chi connectivity index (χ1v) is 12.6. The number of morpholine rings is 1. The van der Waals surface area contributed by atoms with E-state index in [0.717, 1.165) is 52.3 Å². The normalized spacial score (nSPS) is 14.8. The zero-order valence-electron chi connectivity index (χ0n) is 20.8. The maximum absolute atomic E-state index is 13.0. The number of nitrogens with one attached hydrogen (secondary N) is 1. The van der Waals surface area contributed by atoms with E-state index in [1.165, 1.54) is 0 Å². The maximum Gasteiger partial charge on any atom is 0.290 e. The van der Waals surface area contributed by atoms with E-state index >= 15 is 0 Å². The highest BCUT2D eigenvalue weighted by atomic mass is 16.5. The Morgan fingerprint density at radius 1 is 1.14 bits per heavy atom. The second-order valence-electron chi connectivity index (χ2n) is 9.23. The summed E-state index contributed by atoms with van der Waals surface area (Å²) in [5.74, 6) is 1.78. The number of benzene rings is 1. The van der Waals surface area contributed by atoms with Crippen molar-refractivity contribution in [2.75, 3.05) is 32.9 Å². The van der Waals surface area contributed by atoms with Gasteiger partial charge in [0.2, 0.25) is 5.91 Å². The summed E-state index contributed by atoms with van der Waals surface area (Å²) in [5, 5.41) is 7.66. The maximum atomic E-state index is 13.0. The molecule has 9 heteroatoms. The van der Waals surface area contributed by atoms with Gasteiger partial charge in [-0.25, -0.2) is 0 Å². The molecule has 0 unspecified atom stereocenters. The lowest BCUT2D eigenvalue weighted by Gasteiger charge is -2.26. The van der Waals surface area contributed by atoms with Crippen LogP contribution in [0.4, 0.5) is 0 Å². The van der Waals surface area contributed by atoms with Gasteiger partial charge in [0, 0.05) is 43.4 Å². The van der Waals surface area contributed by atoms with E-state index in [4.69, 9.17) is 19.0 Å². The van der Waals surface area contributed by atoms with Crippen LogP contribution < -0.4 is 10.1 Å². The highest BCUT2D eigenvalue weighted by Crippen LogP contribution is 2.38. The molecule has 2 aliphatic rings. The predicted molar refractivity (Wildman–Crippen MR) is 133 cm³/mol. The van der Waals surface area contributed by atoms with Gasteiger partial charge in [0.25, 0.3) is 5.91 Å². The summed E-state index contributed by atoms with van der Waals surface area (Å²) in [6.45, 7) is 7.44. The van der Waals surface area contributed by atoms with Crippen molar-refractivity contribution < 1.29 is 23.5 Å². The van der Waals surface area contributed by atoms with Crippen molar-refractivity contribution in [1.82, 2.24) is 20.0 Å². The van der Waals surface area contributed by atoms with Crippen LogP contribution in [0.3, 0.4) is 0 Å². The zero-order valence-corrected chi connectivity index (χ0v) is 20.8. The number of fused-ring (bicyclic) bond motifs is 3. The SMILES string of the molecule is CCCOc1ccc(CNC(=O)Cn2cc3c(n2)-c2c(oc(C(=O)N4CCOCC4)c2C)CC3)cc1. The second-order valence-corrected chi connectivity index (χ2v) is 9.23. The first-order chi connectivity index (χ1) is 17.5. The van der Waals surface area contributed by atoms with E-state index in [-0.39, 0.29) is 18.4 Å². The first kappa shape index (κ1) is 24.1. The topological polar surface area (TPSA) is 98.8 Å². The first-order valence-electron chi connectivity index (χ1n) is 12.6. The fourth-order valence-electron chi connectivity index (χ4n) is 4.69. The van der Waals surface area contributed by atoms with E-state index in [0.29, 0.717) is 51.6 Å². The molecule has 1 N–H and O–H groups in total. The molecule has 2 amide bonds. The molecule has 0 atom stereocenters. The average Bonchev–Trinajstić information content (AvgIpc) is 3.46. The molecule has 1 aliphatic carbocycles. The molecule has 1 fully saturated rings. The number of carbonyl (C=O) groups is 2. The van der Waals surface area contributed by atoms with Crippen molar-refractivity contribution in [3.63, 3.8) is 0 Å². The van der Waals surface area contributed by atoms with Gasteiger partial charge in [0.1, 0.15) is 18.1 Å². The van der Waals surface area contributed by atoms with Crippen LogP contribution >= 0.6 is 0 Å². The van der Waals surface area contributed by atoms with Crippen molar-refractivity contribution in [3.8, 4) is 17.0 Å². The van der Waals surface area contributed by atoms with E-state index in [9.17, 15) is 9.59 Å². The Balaban J connectivity index is 1.24. The number of nitrogens with zero attached hydrogens (tertiary/aromatic N) is 3. The molecule has 190 valence electrons. The van der Waals surface area contributed by atoms with Crippen LogP contribution in [0.5, 0.6) is 5.75 Å². The lowest BCUT2D eigenvalue weighted by molar-refractivity contribution is -0.122. The number of ether oxygens (including phenoxy) is 2. The molecular formula is C27H32N4O5. The average molecular weight is 493 g/mol. The predicted octanol–water partition coefficient (Wildman–Crippen LogP) is 3.13. The van der Waals surface area contributed by atoms with Gasteiger partial charge in [0.15, 0.2) is 5.76 Å². The lowest BCUT2D eigenvalue weighted by Crippen LogP contribution is -2.40. The molecule has 0 radical (unpaired) electrons. The van der Waals surface area contributed by atoms with Crippen molar-refractivity contribution in [2.45, 2.75) is 46.2 Å². The van der Waals surface area contributed by atoms with Crippen LogP contribution in [0.1, 0.15) is 46.3 Å². The molecule has 3 heterocycles. The number of aromatic nitrogens is 2. The van der Waals surface area contributed by atoms with Gasteiger partial charge in [-0.2, -0.15) is 5.10 Å². The van der Waals surface area contributed by atoms with E-state index < -0.39 is 0 Å². The fourth-order valence-corrected chi connectivity index (χ4v) is 4.69. The molecule has 36 heavy (non-hydrogen) atoms. The van der Waals surface area contributed by atoms with Gasteiger partial charge in [-0.15, -0.1) is 0 Å². The molecule has 5 rings (SSSR count). The Morgan fingerprint density at radius 2 is 1.92 bits per heavy atom. The van der Waals surface area contributed by atoms with Crippen LogP contribution in [0.25, 0.3) is 11.3 Å². The van der Waals surface area contributed by atoms with Crippen molar-refractivity contribution in [1.29, 1.82) is 0 Å². The fraction of sp³-hybridized carbons (Fsp3) is 0.444. The van der Waals surface area contributed by atoms with Gasteiger partial charge in [0.05, 0.1) is 25.5 Å². The molecule has 3 aromatic rings. The van der Waals surface area contributed by atoms with Gasteiger partial charge in [-0.3, -0.25) is 14.3 Å². The second kappa shape index (κ2) is 10.6. The van der Waals surface area contributed by atoms with Crippen LogP contribution in [0.15, 0.2) is 34.9 Å². The van der Waals surface area contributed by atoms with Crippen LogP contribution in [-0.4, -0.2) is 59.4 Å². The Labute approximate surface area is 210 Å². The summed E-state index contributed by atoms with van der Waals surface area (Å²) in [7, 11) is 0. The Bertz CT molecular complexity index is 1240. The number of hydrogen-bond acceptors (Lipinski definition) is 6. The lowest BCUT2D eigenvalue weighted by atomic mass is 9.93. The minimum Gasteiger partial charge on any atom is -0.494 e. The minimum atomic E-state index is -0.117. The summed E-state index contributed by atoms with van der Waals surface area (Å²) in [6, 6.07) is 7.75. The van der Waals surface area contributed by atoms with Crippen LogP contribution in [-0.2, 0) is 35.5 Å². The third kappa shape index (κ3) is 5.02. The summed E-state index contributed by atoms with van der Waals surface area (Å²) >= 11 is 0. The number of rotatable bonds is 8. The number of aryl methyl sites for hydroxylation is 2. The van der Waals surface area contributed by atoms with Crippen molar-refractivity contribution >= 4 is 11.8 Å². The van der Waals surface area contributed by atoms with E-state index in [1.807, 2.05) is 37.4 Å². The van der Waals surface area contributed by atoms with Gasteiger partial charge < -0.3 is 24.1 Å². The standard InChI is InChI=1S/C27H32N4O5/c1-3-12-35-21-7-4-19(5-8-21)15-28-23(32)17-31-16-20-6-9-22-24(25(20)29-31)18(2)26(36-22)27(33)30-10-13-34-14-11-30/h4-5,7-8,16H,3,6,9-15,17H2,1-2H3,(H,28,32). The van der Waals surface area contributed by atoms with Gasteiger partial charge in [-0.1, -0.05) is 19.1 Å². The number of amides is 2. The van der Waals surface area contributed by atoms with Gasteiger partial charge in [-0.05, 0) is 43.0 Å². The molecule has 9 nitrogen and oxygen atoms in total. The van der Waals surface area contributed by atoms with E-state index in [1.54, 1.807) is 9.58 Å². The molecule has 0 spiro atoms. The molecule has 1 aliphatic heterocycles. The summed E-state index contributed by atoms with van der Waals surface area (Å²) in [4.78, 5) is 27.4. The molecule has 0 saturated carbocycles. The Hall–Kier alpha value is -3.59.